The highest BCUT2D eigenvalue weighted by atomic mass is 35.5. The first kappa shape index (κ1) is 16.7. The van der Waals surface area contributed by atoms with Gasteiger partial charge in [-0.3, -0.25) is 9.59 Å². The molecule has 2 aromatic carbocycles. The van der Waals surface area contributed by atoms with Crippen molar-refractivity contribution in [1.82, 2.24) is 0 Å². The molecular weight excluding hydrogens is 352 g/mol. The number of benzene rings is 2. The Morgan fingerprint density at radius 2 is 1.62 bits per heavy atom. The van der Waals surface area contributed by atoms with Crippen LogP contribution >= 0.6 is 11.6 Å². The Balaban J connectivity index is 1.72. The van der Waals surface area contributed by atoms with E-state index in [0.717, 1.165) is 16.7 Å². The van der Waals surface area contributed by atoms with Crippen molar-refractivity contribution >= 4 is 34.8 Å². The van der Waals surface area contributed by atoms with Crippen LogP contribution in [0.15, 0.2) is 46.7 Å². The van der Waals surface area contributed by atoms with Crippen molar-refractivity contribution < 1.29 is 9.59 Å². The summed E-state index contributed by atoms with van der Waals surface area (Å²) in [6.07, 6.45) is 0. The van der Waals surface area contributed by atoms with Crippen molar-refractivity contribution in [3.05, 3.63) is 58.1 Å². The van der Waals surface area contributed by atoms with Gasteiger partial charge in [-0.1, -0.05) is 29.0 Å². The highest BCUT2D eigenvalue weighted by Gasteiger charge is 2.55. The molecule has 1 fully saturated rings. The summed E-state index contributed by atoms with van der Waals surface area (Å²) in [6, 6.07) is 9.45. The van der Waals surface area contributed by atoms with E-state index in [1.165, 1.54) is 9.91 Å². The molecule has 2 aliphatic rings. The minimum atomic E-state index is -0.830. The number of hydrogen-bond donors (Lipinski definition) is 0. The van der Waals surface area contributed by atoms with Crippen LogP contribution in [-0.2, 0) is 9.59 Å². The van der Waals surface area contributed by atoms with E-state index in [1.54, 1.807) is 6.07 Å². The number of imide groups is 1. The molecule has 26 heavy (non-hydrogen) atoms. The van der Waals surface area contributed by atoms with Gasteiger partial charge >= 0.3 is 0 Å². The number of aryl methyl sites for hydroxylation is 3. The molecule has 0 spiro atoms. The van der Waals surface area contributed by atoms with Gasteiger partial charge in [0.2, 0.25) is 0 Å². The van der Waals surface area contributed by atoms with E-state index < -0.39 is 12.1 Å². The molecule has 4 rings (SSSR count). The molecule has 0 aliphatic carbocycles. The monoisotopic (exact) mass is 368 g/mol. The van der Waals surface area contributed by atoms with Gasteiger partial charge in [0.1, 0.15) is 0 Å². The van der Waals surface area contributed by atoms with Gasteiger partial charge in [-0.2, -0.15) is 5.11 Å². The Morgan fingerprint density at radius 1 is 0.923 bits per heavy atom. The largest absolute Gasteiger partial charge is 0.271 e. The Morgan fingerprint density at radius 3 is 2.27 bits per heavy atom. The lowest BCUT2D eigenvalue weighted by atomic mass is 10.1. The van der Waals surface area contributed by atoms with Crippen LogP contribution in [0.5, 0.6) is 0 Å². The predicted molar refractivity (Wildman–Crippen MR) is 99.5 cm³/mol. The van der Waals surface area contributed by atoms with Gasteiger partial charge in [0.05, 0.1) is 11.4 Å². The third-order valence-electron chi connectivity index (χ3n) is 4.67. The zero-order valence-electron chi connectivity index (χ0n) is 14.6. The van der Waals surface area contributed by atoms with Crippen LogP contribution in [-0.4, -0.2) is 23.9 Å². The van der Waals surface area contributed by atoms with E-state index in [-0.39, 0.29) is 11.8 Å². The highest BCUT2D eigenvalue weighted by molar-refractivity contribution is 6.31. The standard InChI is InChI=1S/C19H17ClN4O2/c1-10-6-11(2)8-14(7-10)23-18(25)16-17(19(23)26)24(22-21-16)13-5-4-12(3)15(20)9-13/h4-9,16-17H,1-3H3/t16-,17+/m0/s1. The van der Waals surface area contributed by atoms with Gasteiger partial charge in [0.15, 0.2) is 12.1 Å². The molecule has 2 aliphatic heterocycles. The molecule has 132 valence electrons. The molecule has 0 bridgehead atoms. The quantitative estimate of drug-likeness (QED) is 0.758. The average Bonchev–Trinajstić information content (AvgIpc) is 3.10. The lowest BCUT2D eigenvalue weighted by Crippen LogP contribution is -2.40. The number of rotatable bonds is 2. The first-order chi connectivity index (χ1) is 12.4. The Bertz CT molecular complexity index is 952. The fourth-order valence-corrected chi connectivity index (χ4v) is 3.61. The number of amides is 2. The summed E-state index contributed by atoms with van der Waals surface area (Å²) in [6.45, 7) is 5.76. The van der Waals surface area contributed by atoms with Crippen molar-refractivity contribution in [3.63, 3.8) is 0 Å². The van der Waals surface area contributed by atoms with Crippen molar-refractivity contribution in [2.24, 2.45) is 10.3 Å². The molecule has 0 unspecified atom stereocenters. The molecule has 2 atom stereocenters. The van der Waals surface area contributed by atoms with Crippen LogP contribution in [0, 0.1) is 20.8 Å². The second-order valence-electron chi connectivity index (χ2n) is 6.73. The zero-order chi connectivity index (χ0) is 18.6. The van der Waals surface area contributed by atoms with Crippen LogP contribution in [0.25, 0.3) is 0 Å². The molecule has 7 heteroatoms. The first-order valence-corrected chi connectivity index (χ1v) is 8.67. The number of nitrogens with zero attached hydrogens (tertiary/aromatic N) is 4. The molecule has 2 amide bonds. The van der Waals surface area contributed by atoms with Crippen LogP contribution in [0.4, 0.5) is 11.4 Å². The number of carbonyl (C=O) groups excluding carboxylic acids is 2. The molecule has 0 N–H and O–H groups in total. The summed E-state index contributed by atoms with van der Waals surface area (Å²) in [7, 11) is 0. The third kappa shape index (κ3) is 2.49. The summed E-state index contributed by atoms with van der Waals surface area (Å²) in [5.74, 6) is -0.679. The fourth-order valence-electron chi connectivity index (χ4n) is 3.43. The molecule has 0 saturated carbocycles. The van der Waals surface area contributed by atoms with Gasteiger partial charge in [-0.25, -0.2) is 9.91 Å². The fraction of sp³-hybridized carbons (Fsp3) is 0.263. The summed E-state index contributed by atoms with van der Waals surface area (Å²) in [5, 5.41) is 10.2. The third-order valence-corrected chi connectivity index (χ3v) is 5.07. The predicted octanol–water partition coefficient (Wildman–Crippen LogP) is 3.76. The van der Waals surface area contributed by atoms with Crippen LogP contribution < -0.4 is 9.91 Å². The van der Waals surface area contributed by atoms with Gasteiger partial charge in [0, 0.05) is 5.02 Å². The lowest BCUT2D eigenvalue weighted by Gasteiger charge is -2.21. The van der Waals surface area contributed by atoms with E-state index in [1.807, 2.05) is 51.1 Å². The van der Waals surface area contributed by atoms with E-state index >= 15 is 0 Å². The van der Waals surface area contributed by atoms with Crippen molar-refractivity contribution in [2.75, 3.05) is 9.91 Å². The van der Waals surface area contributed by atoms with Gasteiger partial charge in [-0.05, 0) is 61.7 Å². The van der Waals surface area contributed by atoms with Crippen LogP contribution in [0.2, 0.25) is 5.02 Å². The number of hydrogen-bond acceptors (Lipinski definition) is 5. The Hall–Kier alpha value is -2.73. The molecular formula is C19H17ClN4O2. The first-order valence-electron chi connectivity index (χ1n) is 8.29. The second-order valence-corrected chi connectivity index (χ2v) is 7.14. The maximum Gasteiger partial charge on any atom is 0.263 e. The molecule has 0 radical (unpaired) electrons. The Labute approximate surface area is 156 Å². The van der Waals surface area contributed by atoms with Crippen molar-refractivity contribution in [1.29, 1.82) is 0 Å². The highest BCUT2D eigenvalue weighted by Crippen LogP contribution is 2.36. The smallest absolute Gasteiger partial charge is 0.263 e. The molecule has 2 aromatic rings. The minimum Gasteiger partial charge on any atom is -0.271 e. The van der Waals surface area contributed by atoms with E-state index in [4.69, 9.17) is 11.6 Å². The SMILES string of the molecule is Cc1cc(C)cc(N2C(=O)[C@H]3N=NN(c4ccc(C)c(Cl)c4)[C@H]3C2=O)c1. The summed E-state index contributed by atoms with van der Waals surface area (Å²) < 4.78 is 0. The van der Waals surface area contributed by atoms with E-state index in [9.17, 15) is 9.59 Å². The van der Waals surface area contributed by atoms with Crippen molar-refractivity contribution in [3.8, 4) is 0 Å². The van der Waals surface area contributed by atoms with E-state index in [2.05, 4.69) is 10.3 Å². The maximum absolute atomic E-state index is 13.1. The molecule has 0 aromatic heterocycles. The summed E-state index contributed by atoms with van der Waals surface area (Å²) in [4.78, 5) is 27.1. The average molecular weight is 369 g/mol. The maximum atomic E-state index is 13.1. The van der Waals surface area contributed by atoms with Crippen LogP contribution in [0.3, 0.4) is 0 Å². The van der Waals surface area contributed by atoms with Gasteiger partial charge in [0.25, 0.3) is 11.8 Å². The lowest BCUT2D eigenvalue weighted by molar-refractivity contribution is -0.121. The second kappa shape index (κ2) is 5.92. The van der Waals surface area contributed by atoms with E-state index in [0.29, 0.717) is 16.4 Å². The number of halogens is 1. The minimum absolute atomic E-state index is 0.327. The topological polar surface area (TPSA) is 65.3 Å². The molecule has 6 nitrogen and oxygen atoms in total. The number of anilines is 2. The van der Waals surface area contributed by atoms with Gasteiger partial charge in [-0.15, -0.1) is 0 Å². The van der Waals surface area contributed by atoms with Crippen molar-refractivity contribution in [2.45, 2.75) is 32.9 Å². The molecule has 2 heterocycles. The normalized spacial score (nSPS) is 21.7. The summed E-state index contributed by atoms with van der Waals surface area (Å²) >= 11 is 6.20. The molecule has 1 saturated heterocycles. The van der Waals surface area contributed by atoms with Gasteiger partial charge < -0.3 is 0 Å². The number of fused-ring (bicyclic) bond motifs is 1. The summed E-state index contributed by atoms with van der Waals surface area (Å²) in [5.41, 5.74) is 4.11. The zero-order valence-corrected chi connectivity index (χ0v) is 15.4. The number of carbonyl (C=O) groups is 2. The van der Waals surface area contributed by atoms with Crippen LogP contribution in [0.1, 0.15) is 16.7 Å². The Kier molecular flexibility index (Phi) is 3.80.